The molecule has 0 radical (unpaired) electrons. The number of para-hydroxylation sites is 2. The van der Waals surface area contributed by atoms with Crippen molar-refractivity contribution in [3.8, 4) is 5.75 Å². The highest BCUT2D eigenvalue weighted by Crippen LogP contribution is 2.48. The summed E-state index contributed by atoms with van der Waals surface area (Å²) in [5.41, 5.74) is 3.84. The number of allylic oxidation sites excluding steroid dienone is 1. The average molecular weight is 536 g/mol. The molecule has 0 bridgehead atoms. The molecule has 1 aliphatic heterocycles. The molecule has 190 valence electrons. The fourth-order valence-corrected chi connectivity index (χ4v) is 5.39. The van der Waals surface area contributed by atoms with E-state index in [1.54, 1.807) is 30.2 Å². The van der Waals surface area contributed by atoms with E-state index >= 15 is 0 Å². The number of rotatable bonds is 3. The Morgan fingerprint density at radius 2 is 1.81 bits per heavy atom. The first kappa shape index (κ1) is 25.2. The summed E-state index contributed by atoms with van der Waals surface area (Å²) < 4.78 is 5.50. The molecule has 6 nitrogen and oxygen atoms in total. The quantitative estimate of drug-likeness (QED) is 0.358. The zero-order valence-electron chi connectivity index (χ0n) is 20.8. The van der Waals surface area contributed by atoms with Crippen LogP contribution in [0.2, 0.25) is 10.0 Å². The largest absolute Gasteiger partial charge is 0.497 e. The van der Waals surface area contributed by atoms with E-state index in [0.717, 1.165) is 16.9 Å². The standard InChI is InChI=1S/C29H27Cl2N3O3/c1-29(2)15-23-26(25(35)16-29)27(17-7-6-8-19(13-17)37-3)34(24-10-5-4-9-22(24)33-23)28(36)32-18-11-12-20(30)21(31)14-18/h4-14,27,33H,15-16H2,1-3H3,(H,32,36)/t27-/m1/s1. The molecule has 1 aliphatic carbocycles. The van der Waals surface area contributed by atoms with Crippen LogP contribution in [-0.2, 0) is 4.79 Å². The van der Waals surface area contributed by atoms with Gasteiger partial charge in [-0.15, -0.1) is 0 Å². The number of Topliss-reactive ketones (excluding diaryl/α,β-unsaturated/α-hetero) is 1. The van der Waals surface area contributed by atoms with E-state index in [1.807, 2.05) is 48.5 Å². The Morgan fingerprint density at radius 3 is 2.57 bits per heavy atom. The van der Waals surface area contributed by atoms with Crippen LogP contribution in [0.15, 0.2) is 78.0 Å². The average Bonchev–Trinajstić information content (AvgIpc) is 3.00. The van der Waals surface area contributed by atoms with Gasteiger partial charge in [0.25, 0.3) is 0 Å². The number of anilines is 3. The van der Waals surface area contributed by atoms with Crippen LogP contribution in [0.3, 0.4) is 0 Å². The highest BCUT2D eigenvalue weighted by atomic mass is 35.5. The maximum absolute atomic E-state index is 14.1. The summed E-state index contributed by atoms with van der Waals surface area (Å²) in [6, 6.07) is 18.9. The predicted molar refractivity (Wildman–Crippen MR) is 149 cm³/mol. The highest BCUT2D eigenvalue weighted by molar-refractivity contribution is 6.42. The van der Waals surface area contributed by atoms with Crippen molar-refractivity contribution in [2.24, 2.45) is 5.41 Å². The second kappa shape index (κ2) is 9.77. The zero-order valence-corrected chi connectivity index (χ0v) is 22.3. The number of carbonyl (C=O) groups excluding carboxylic acids is 2. The highest BCUT2D eigenvalue weighted by Gasteiger charge is 2.43. The Morgan fingerprint density at radius 1 is 1.03 bits per heavy atom. The van der Waals surface area contributed by atoms with Crippen LogP contribution in [0, 0.1) is 5.41 Å². The molecule has 2 aliphatic rings. The van der Waals surface area contributed by atoms with Gasteiger partial charge >= 0.3 is 6.03 Å². The summed E-state index contributed by atoms with van der Waals surface area (Å²) in [6.07, 6.45) is 1.05. The number of hydrogen-bond donors (Lipinski definition) is 2. The molecule has 0 saturated carbocycles. The molecule has 5 rings (SSSR count). The number of urea groups is 1. The summed E-state index contributed by atoms with van der Waals surface area (Å²) in [5.74, 6) is 0.644. The summed E-state index contributed by atoms with van der Waals surface area (Å²) >= 11 is 12.3. The third-order valence-electron chi connectivity index (χ3n) is 6.70. The minimum atomic E-state index is -0.687. The molecule has 1 atom stereocenters. The monoisotopic (exact) mass is 535 g/mol. The first-order chi connectivity index (χ1) is 17.7. The van der Waals surface area contributed by atoms with E-state index < -0.39 is 12.1 Å². The van der Waals surface area contributed by atoms with E-state index in [1.165, 1.54) is 0 Å². The lowest BCUT2D eigenvalue weighted by atomic mass is 9.73. The van der Waals surface area contributed by atoms with Gasteiger partial charge in [0.15, 0.2) is 5.78 Å². The lowest BCUT2D eigenvalue weighted by molar-refractivity contribution is -0.118. The van der Waals surface area contributed by atoms with Crippen molar-refractivity contribution in [3.05, 3.63) is 93.6 Å². The number of hydrogen-bond acceptors (Lipinski definition) is 4. The van der Waals surface area contributed by atoms with Crippen molar-refractivity contribution in [2.75, 3.05) is 22.6 Å². The number of amides is 2. The summed E-state index contributed by atoms with van der Waals surface area (Å²) in [6.45, 7) is 4.17. The van der Waals surface area contributed by atoms with Crippen LogP contribution < -0.4 is 20.3 Å². The molecule has 0 spiro atoms. The van der Waals surface area contributed by atoms with Crippen molar-refractivity contribution in [3.63, 3.8) is 0 Å². The number of nitrogens with zero attached hydrogens (tertiary/aromatic N) is 1. The number of carbonyl (C=O) groups is 2. The second-order valence-electron chi connectivity index (χ2n) is 10.1. The molecule has 0 aromatic heterocycles. The number of benzene rings is 3. The molecule has 3 aromatic rings. The Kier molecular flexibility index (Phi) is 6.65. The SMILES string of the molecule is COc1cccc([C@@H]2C3=C(CC(C)(C)CC3=O)Nc3ccccc3N2C(=O)Nc2ccc(Cl)c(Cl)c2)c1. The third-order valence-corrected chi connectivity index (χ3v) is 7.44. The number of nitrogens with one attached hydrogen (secondary N) is 2. The number of ketones is 1. The molecule has 1 heterocycles. The minimum absolute atomic E-state index is 0.00622. The van der Waals surface area contributed by atoms with Crippen LogP contribution in [0.4, 0.5) is 21.9 Å². The smallest absolute Gasteiger partial charge is 0.327 e. The molecular formula is C29H27Cl2N3O3. The summed E-state index contributed by atoms with van der Waals surface area (Å²) in [7, 11) is 1.59. The van der Waals surface area contributed by atoms with Gasteiger partial charge in [-0.05, 0) is 59.9 Å². The van der Waals surface area contributed by atoms with Gasteiger partial charge in [0.05, 0.1) is 34.6 Å². The van der Waals surface area contributed by atoms with Gasteiger partial charge in [0.2, 0.25) is 0 Å². The second-order valence-corrected chi connectivity index (χ2v) is 10.9. The van der Waals surface area contributed by atoms with Gasteiger partial charge in [0, 0.05) is 23.4 Å². The van der Waals surface area contributed by atoms with Crippen LogP contribution in [0.5, 0.6) is 5.75 Å². The first-order valence-electron chi connectivity index (χ1n) is 12.0. The summed E-state index contributed by atoms with van der Waals surface area (Å²) in [5, 5.41) is 7.18. The molecule has 0 saturated heterocycles. The molecule has 37 heavy (non-hydrogen) atoms. The lowest BCUT2D eigenvalue weighted by Crippen LogP contribution is -2.41. The normalized spacial score (nSPS) is 18.4. The molecule has 0 fully saturated rings. The third kappa shape index (κ3) is 4.91. The Labute approximate surface area is 226 Å². The van der Waals surface area contributed by atoms with Gasteiger partial charge in [-0.3, -0.25) is 9.69 Å². The van der Waals surface area contributed by atoms with Gasteiger partial charge in [-0.2, -0.15) is 0 Å². The fourth-order valence-electron chi connectivity index (χ4n) is 5.10. The number of fused-ring (bicyclic) bond motifs is 1. The van der Waals surface area contributed by atoms with Crippen LogP contribution >= 0.6 is 23.2 Å². The topological polar surface area (TPSA) is 70.7 Å². The van der Waals surface area contributed by atoms with Gasteiger partial charge in [-0.25, -0.2) is 4.79 Å². The van der Waals surface area contributed by atoms with E-state index in [-0.39, 0.29) is 11.2 Å². The Balaban J connectivity index is 1.71. The lowest BCUT2D eigenvalue weighted by Gasteiger charge is -2.37. The first-order valence-corrected chi connectivity index (χ1v) is 12.7. The predicted octanol–water partition coefficient (Wildman–Crippen LogP) is 7.85. The van der Waals surface area contributed by atoms with Crippen LogP contribution in [0.25, 0.3) is 0 Å². The van der Waals surface area contributed by atoms with Gasteiger partial charge in [0.1, 0.15) is 5.75 Å². The molecule has 0 unspecified atom stereocenters. The van der Waals surface area contributed by atoms with Crippen molar-refractivity contribution in [1.29, 1.82) is 0 Å². The molecule has 2 N–H and O–H groups in total. The van der Waals surface area contributed by atoms with E-state index in [2.05, 4.69) is 24.5 Å². The molecule has 3 aromatic carbocycles. The molecule has 2 amide bonds. The minimum Gasteiger partial charge on any atom is -0.497 e. The Bertz CT molecular complexity index is 1430. The van der Waals surface area contributed by atoms with Crippen molar-refractivity contribution >= 4 is 52.1 Å². The summed E-state index contributed by atoms with van der Waals surface area (Å²) in [4.78, 5) is 29.5. The fraction of sp³-hybridized carbons (Fsp3) is 0.241. The van der Waals surface area contributed by atoms with Crippen LogP contribution in [-0.4, -0.2) is 18.9 Å². The maximum atomic E-state index is 14.1. The van der Waals surface area contributed by atoms with Crippen molar-refractivity contribution < 1.29 is 14.3 Å². The van der Waals surface area contributed by atoms with E-state index in [0.29, 0.717) is 45.6 Å². The number of ether oxygens (including phenoxy) is 1. The molecule has 8 heteroatoms. The van der Waals surface area contributed by atoms with Crippen molar-refractivity contribution in [1.82, 2.24) is 0 Å². The zero-order chi connectivity index (χ0) is 26.3. The van der Waals surface area contributed by atoms with E-state index in [4.69, 9.17) is 27.9 Å². The Hall–Kier alpha value is -3.48. The maximum Gasteiger partial charge on any atom is 0.327 e. The molecular weight excluding hydrogens is 509 g/mol. The van der Waals surface area contributed by atoms with Crippen molar-refractivity contribution in [2.45, 2.75) is 32.7 Å². The van der Waals surface area contributed by atoms with E-state index in [9.17, 15) is 9.59 Å². The number of halogens is 2. The van der Waals surface area contributed by atoms with Gasteiger partial charge < -0.3 is 15.4 Å². The van der Waals surface area contributed by atoms with Crippen LogP contribution in [0.1, 0.15) is 38.3 Å². The number of methoxy groups -OCH3 is 1. The van der Waals surface area contributed by atoms with Gasteiger partial charge in [-0.1, -0.05) is 61.3 Å².